The van der Waals surface area contributed by atoms with Crippen LogP contribution in [0.25, 0.3) is 0 Å². The van der Waals surface area contributed by atoms with Crippen LogP contribution >= 0.6 is 0 Å². The zero-order chi connectivity index (χ0) is 22.9. The third kappa shape index (κ3) is 11.0. The van der Waals surface area contributed by atoms with E-state index in [0.717, 1.165) is 26.2 Å². The Morgan fingerprint density at radius 2 is 1.28 bits per heavy atom. The molecule has 1 aliphatic rings. The molecule has 1 unspecified atom stereocenters. The number of hydrogen-bond acceptors (Lipinski definition) is 3. The van der Waals surface area contributed by atoms with Crippen LogP contribution in [0.4, 0.5) is 0 Å². The summed E-state index contributed by atoms with van der Waals surface area (Å²) in [5, 5.41) is 12.6. The Hall–Kier alpha value is -1.39. The third-order valence-electron chi connectivity index (χ3n) is 6.97. The number of carboxylic acid groups (broad SMARTS) is 1. The van der Waals surface area contributed by atoms with Crippen LogP contribution in [0, 0.1) is 0 Å². The van der Waals surface area contributed by atoms with Crippen LogP contribution in [-0.4, -0.2) is 42.2 Å². The summed E-state index contributed by atoms with van der Waals surface area (Å²) in [6.07, 6.45) is 20.6. The first kappa shape index (κ1) is 26.9. The lowest BCUT2D eigenvalue weighted by Crippen LogP contribution is -2.45. The van der Waals surface area contributed by atoms with Crippen molar-refractivity contribution < 1.29 is 9.90 Å². The van der Waals surface area contributed by atoms with E-state index in [0.29, 0.717) is 11.6 Å². The van der Waals surface area contributed by atoms with E-state index in [1.54, 1.807) is 12.1 Å². The normalized spacial score (nSPS) is 15.7. The number of unbranched alkanes of at least 4 members (excludes halogenated alkanes) is 13. The van der Waals surface area contributed by atoms with Gasteiger partial charge < -0.3 is 10.4 Å². The van der Waals surface area contributed by atoms with Gasteiger partial charge in [-0.2, -0.15) is 0 Å². The van der Waals surface area contributed by atoms with Gasteiger partial charge in [0.1, 0.15) is 0 Å². The largest absolute Gasteiger partial charge is 0.478 e. The number of hydrogen-bond donors (Lipinski definition) is 2. The lowest BCUT2D eigenvalue weighted by molar-refractivity contribution is 0.0696. The van der Waals surface area contributed by atoms with Crippen molar-refractivity contribution in [2.75, 3.05) is 26.2 Å². The van der Waals surface area contributed by atoms with E-state index in [1.807, 2.05) is 12.1 Å². The maximum atomic E-state index is 11.2. The van der Waals surface area contributed by atoms with Crippen molar-refractivity contribution in [3.8, 4) is 0 Å². The SMILES string of the molecule is CCCCCCCCCCCCCCCCC(c1ccc(C(=O)O)cc1)N1CCNCC1. The van der Waals surface area contributed by atoms with Gasteiger partial charge >= 0.3 is 5.97 Å². The molecule has 1 atom stereocenters. The van der Waals surface area contributed by atoms with E-state index in [9.17, 15) is 9.90 Å². The predicted molar refractivity (Wildman–Crippen MR) is 136 cm³/mol. The molecular formula is C28H48N2O2. The fourth-order valence-corrected chi connectivity index (χ4v) is 4.93. The van der Waals surface area contributed by atoms with Crippen molar-refractivity contribution in [2.24, 2.45) is 0 Å². The highest BCUT2D eigenvalue weighted by Crippen LogP contribution is 2.28. The van der Waals surface area contributed by atoms with Crippen LogP contribution in [0.2, 0.25) is 0 Å². The van der Waals surface area contributed by atoms with E-state index in [2.05, 4.69) is 17.1 Å². The van der Waals surface area contributed by atoms with Crippen molar-refractivity contribution in [3.63, 3.8) is 0 Å². The van der Waals surface area contributed by atoms with E-state index >= 15 is 0 Å². The van der Waals surface area contributed by atoms with Crippen LogP contribution in [0.1, 0.15) is 125 Å². The first-order chi connectivity index (χ1) is 15.7. The van der Waals surface area contributed by atoms with Gasteiger partial charge in [-0.1, -0.05) is 109 Å². The summed E-state index contributed by atoms with van der Waals surface area (Å²) in [6.45, 7) is 6.52. The Morgan fingerprint density at radius 1 is 0.812 bits per heavy atom. The van der Waals surface area contributed by atoms with Crippen molar-refractivity contribution in [1.82, 2.24) is 10.2 Å². The second kappa shape index (κ2) is 17.1. The molecule has 1 heterocycles. The van der Waals surface area contributed by atoms with Crippen molar-refractivity contribution >= 4 is 5.97 Å². The van der Waals surface area contributed by atoms with Gasteiger partial charge in [0.25, 0.3) is 0 Å². The fourth-order valence-electron chi connectivity index (χ4n) is 4.93. The molecule has 182 valence electrons. The molecule has 1 fully saturated rings. The van der Waals surface area contributed by atoms with Crippen LogP contribution < -0.4 is 5.32 Å². The van der Waals surface area contributed by atoms with E-state index in [-0.39, 0.29) is 0 Å². The fraction of sp³-hybridized carbons (Fsp3) is 0.750. The summed E-state index contributed by atoms with van der Waals surface area (Å²) in [4.78, 5) is 13.8. The number of piperazine rings is 1. The summed E-state index contributed by atoms with van der Waals surface area (Å²) in [6, 6.07) is 7.99. The van der Waals surface area contributed by atoms with Gasteiger partial charge in [-0.05, 0) is 24.1 Å². The Bertz CT molecular complexity index is 596. The molecule has 4 heteroatoms. The topological polar surface area (TPSA) is 52.6 Å². The molecule has 2 N–H and O–H groups in total. The molecule has 1 aliphatic heterocycles. The Morgan fingerprint density at radius 3 is 1.75 bits per heavy atom. The number of nitrogens with zero attached hydrogens (tertiary/aromatic N) is 1. The molecule has 32 heavy (non-hydrogen) atoms. The molecule has 0 spiro atoms. The van der Waals surface area contributed by atoms with Gasteiger partial charge in [-0.3, -0.25) is 4.90 Å². The van der Waals surface area contributed by atoms with Gasteiger partial charge in [0, 0.05) is 32.2 Å². The van der Waals surface area contributed by atoms with Crippen LogP contribution in [0.3, 0.4) is 0 Å². The molecule has 4 nitrogen and oxygen atoms in total. The van der Waals surface area contributed by atoms with Crippen LogP contribution in [-0.2, 0) is 0 Å². The summed E-state index contributed by atoms with van der Waals surface area (Å²) in [5.41, 5.74) is 1.65. The predicted octanol–water partition coefficient (Wildman–Crippen LogP) is 7.20. The van der Waals surface area contributed by atoms with E-state index in [4.69, 9.17) is 0 Å². The molecule has 2 rings (SSSR count). The van der Waals surface area contributed by atoms with Gasteiger partial charge in [-0.25, -0.2) is 4.79 Å². The van der Waals surface area contributed by atoms with E-state index < -0.39 is 5.97 Å². The molecule has 1 aromatic carbocycles. The minimum Gasteiger partial charge on any atom is -0.478 e. The smallest absolute Gasteiger partial charge is 0.335 e. The first-order valence-corrected chi connectivity index (χ1v) is 13.5. The number of carboxylic acids is 1. The minimum absolute atomic E-state index is 0.379. The standard InChI is InChI=1S/C28H48N2O2/c1-2-3-4-5-6-7-8-9-10-11-12-13-14-15-16-27(30-23-21-29-22-24-30)25-17-19-26(20-18-25)28(31)32/h17-20,27,29H,2-16,21-24H2,1H3,(H,31,32). The Balaban J connectivity index is 1.59. The highest BCUT2D eigenvalue weighted by atomic mass is 16.4. The summed E-state index contributed by atoms with van der Waals surface area (Å²) in [5.74, 6) is -0.845. The second-order valence-corrected chi connectivity index (χ2v) is 9.61. The van der Waals surface area contributed by atoms with Crippen molar-refractivity contribution in [1.29, 1.82) is 0 Å². The number of nitrogens with one attached hydrogen (secondary N) is 1. The van der Waals surface area contributed by atoms with Gasteiger partial charge in [0.2, 0.25) is 0 Å². The molecule has 0 aliphatic carbocycles. The maximum absolute atomic E-state index is 11.2. The molecule has 0 aromatic heterocycles. The number of rotatable bonds is 18. The first-order valence-electron chi connectivity index (χ1n) is 13.5. The van der Waals surface area contributed by atoms with Crippen LogP contribution in [0.5, 0.6) is 0 Å². The maximum Gasteiger partial charge on any atom is 0.335 e. The Labute approximate surface area is 197 Å². The third-order valence-corrected chi connectivity index (χ3v) is 6.97. The molecule has 1 aromatic rings. The molecule has 0 saturated carbocycles. The monoisotopic (exact) mass is 444 g/mol. The van der Waals surface area contributed by atoms with Crippen molar-refractivity contribution in [3.05, 3.63) is 35.4 Å². The molecular weight excluding hydrogens is 396 g/mol. The van der Waals surface area contributed by atoms with Gasteiger partial charge in [-0.15, -0.1) is 0 Å². The van der Waals surface area contributed by atoms with Crippen LogP contribution in [0.15, 0.2) is 24.3 Å². The highest BCUT2D eigenvalue weighted by molar-refractivity contribution is 5.87. The Kier molecular flexibility index (Phi) is 14.4. The summed E-state index contributed by atoms with van der Waals surface area (Å²) < 4.78 is 0. The average Bonchev–Trinajstić information content (AvgIpc) is 2.82. The lowest BCUT2D eigenvalue weighted by atomic mass is 9.96. The molecule has 0 radical (unpaired) electrons. The number of carbonyl (C=O) groups is 1. The minimum atomic E-state index is -0.845. The number of benzene rings is 1. The lowest BCUT2D eigenvalue weighted by Gasteiger charge is -2.35. The second-order valence-electron chi connectivity index (χ2n) is 9.61. The number of aromatic carboxylic acids is 1. The summed E-state index contributed by atoms with van der Waals surface area (Å²) >= 11 is 0. The zero-order valence-corrected chi connectivity index (χ0v) is 20.6. The zero-order valence-electron chi connectivity index (χ0n) is 20.6. The van der Waals surface area contributed by atoms with Gasteiger partial charge in [0.05, 0.1) is 5.56 Å². The molecule has 0 bridgehead atoms. The van der Waals surface area contributed by atoms with E-state index in [1.165, 1.54) is 102 Å². The molecule has 1 saturated heterocycles. The quantitative estimate of drug-likeness (QED) is 0.235. The highest BCUT2D eigenvalue weighted by Gasteiger charge is 2.22. The molecule has 0 amide bonds. The summed E-state index contributed by atoms with van der Waals surface area (Å²) in [7, 11) is 0. The van der Waals surface area contributed by atoms with Gasteiger partial charge in [0.15, 0.2) is 0 Å². The van der Waals surface area contributed by atoms with Crippen molar-refractivity contribution in [2.45, 2.75) is 109 Å². The average molecular weight is 445 g/mol.